The summed E-state index contributed by atoms with van der Waals surface area (Å²) in [5.74, 6) is 1.60. The van der Waals surface area contributed by atoms with Crippen molar-refractivity contribution < 1.29 is 0 Å². The topological polar surface area (TPSA) is 34.3 Å². The minimum Gasteiger partial charge on any atom is -0.666 e. The Hall–Kier alpha value is -7.14. The smallest absolute Gasteiger partial charge is 0.0593 e. The van der Waals surface area contributed by atoms with Gasteiger partial charge in [0.15, 0.2) is 0 Å². The molecule has 14 rings (SSSR count). The van der Waals surface area contributed by atoms with Crippen LogP contribution < -0.4 is 5.32 Å². The summed E-state index contributed by atoms with van der Waals surface area (Å²) in [6, 6.07) is 33.9. The van der Waals surface area contributed by atoms with Gasteiger partial charge < -0.3 is 20.1 Å². The molecular weight excluding hydrogens is 813 g/mol. The highest BCUT2D eigenvalue weighted by molar-refractivity contribution is 6.14. The lowest BCUT2D eigenvalue weighted by Gasteiger charge is -2.51. The van der Waals surface area contributed by atoms with Crippen LogP contribution in [0.5, 0.6) is 0 Å². The first-order valence-electron chi connectivity index (χ1n) is 24.6. The van der Waals surface area contributed by atoms with Crippen LogP contribution in [-0.2, 0) is 12.8 Å². The number of hydrogen-bond donors (Lipinski definition) is 1. The van der Waals surface area contributed by atoms with Gasteiger partial charge in [-0.2, -0.15) is 0 Å². The first-order valence-corrected chi connectivity index (χ1v) is 24.6. The molecule has 4 aromatic carbocycles. The van der Waals surface area contributed by atoms with Crippen LogP contribution in [0.25, 0.3) is 50.7 Å². The largest absolute Gasteiger partial charge is 0.666 e. The van der Waals surface area contributed by atoms with Gasteiger partial charge in [-0.1, -0.05) is 182 Å². The summed E-state index contributed by atoms with van der Waals surface area (Å²) in [6.07, 6.45) is 47.0. The average Bonchev–Trinajstić information content (AvgIpc) is 3.89. The predicted molar refractivity (Wildman–Crippen MR) is 278 cm³/mol. The van der Waals surface area contributed by atoms with E-state index in [1.54, 1.807) is 0 Å². The van der Waals surface area contributed by atoms with Crippen LogP contribution in [0.4, 0.5) is 0 Å². The van der Waals surface area contributed by atoms with Crippen LogP contribution in [0.2, 0.25) is 0 Å². The molecule has 1 fully saturated rings. The molecule has 0 bridgehead atoms. The Labute approximate surface area is 393 Å². The molecular formula is C63H53N4-. The van der Waals surface area contributed by atoms with Gasteiger partial charge >= 0.3 is 0 Å². The maximum absolute atomic E-state index is 5.78. The molecule has 8 atom stereocenters. The molecule has 326 valence electrons. The number of likely N-dealkylation sites (tertiary alicyclic amines) is 1. The Morgan fingerprint density at radius 3 is 2.51 bits per heavy atom. The Bertz CT molecular complexity index is 3360. The number of rotatable bonds is 5. The minimum atomic E-state index is -0.259. The van der Waals surface area contributed by atoms with Crippen molar-refractivity contribution in [3.63, 3.8) is 0 Å². The lowest BCUT2D eigenvalue weighted by molar-refractivity contribution is 0.372. The zero-order valence-electron chi connectivity index (χ0n) is 37.8. The third-order valence-electron chi connectivity index (χ3n) is 16.2. The molecule has 1 N–H and O–H groups in total. The van der Waals surface area contributed by atoms with E-state index in [4.69, 9.17) is 5.32 Å². The molecule has 1 aromatic heterocycles. The van der Waals surface area contributed by atoms with Crippen molar-refractivity contribution in [2.45, 2.75) is 50.9 Å². The summed E-state index contributed by atoms with van der Waals surface area (Å²) >= 11 is 0. The van der Waals surface area contributed by atoms with Crippen LogP contribution in [0.3, 0.4) is 0 Å². The van der Waals surface area contributed by atoms with Gasteiger partial charge in [-0.25, -0.2) is 0 Å². The standard InChI is InChI=1S/C63H53N4/c1-39-60(43-18-3-2-4-19-43)64-63(65-61(39)47-28-27-40-15-5-6-20-44(40)35-47)52-32-29-42-17-10-12-24-50(42)62(52)67-56-34-31-48(38-54(56)53-36-45-21-7-8-22-46(45)37-58(53)67)66-55-26-14-13-25-51(55)59-49-23-11-9-16-41(49)30-33-57(59)66/h2-8,10-15,17-28,30-35,37-38,40,42,44,53-54,56,61,63,65H,9,16,29,36H2,1H3/q-1. The number of aryl methyl sites for hydroxylation is 1. The quantitative estimate of drug-likeness (QED) is 0.191. The minimum absolute atomic E-state index is 0.00751. The summed E-state index contributed by atoms with van der Waals surface area (Å²) in [5.41, 5.74) is 19.7. The fourth-order valence-corrected chi connectivity index (χ4v) is 13.1. The lowest BCUT2D eigenvalue weighted by Crippen LogP contribution is -2.47. The predicted octanol–water partition coefficient (Wildman–Crippen LogP) is 14.0. The summed E-state index contributed by atoms with van der Waals surface area (Å²) in [4.78, 5) is 2.78. The Morgan fingerprint density at radius 2 is 1.57 bits per heavy atom. The molecule has 8 unspecified atom stereocenters. The van der Waals surface area contributed by atoms with Crippen molar-refractivity contribution in [2.24, 2.45) is 29.6 Å². The maximum Gasteiger partial charge on any atom is 0.0593 e. The van der Waals surface area contributed by atoms with E-state index >= 15 is 0 Å². The van der Waals surface area contributed by atoms with Gasteiger partial charge in [0.05, 0.1) is 23.1 Å². The number of nitrogens with zero attached hydrogens (tertiary/aromatic N) is 3. The van der Waals surface area contributed by atoms with Gasteiger partial charge in [-0.05, 0) is 108 Å². The SMILES string of the molecule is CC1=C(c2ccccc2)[N-]C(C2=CCC3C=CC=CC3=C2N2C3=Cc4ccccc4CC3C3C=C(n4c5ccccc5c5c6c(ccc54)CCC=C6)C=CC32)NC1C1=CC2C=CC=CC2C=C1. The molecule has 7 aliphatic carbocycles. The zero-order chi connectivity index (χ0) is 44.2. The van der Waals surface area contributed by atoms with Crippen molar-refractivity contribution in [3.05, 3.63) is 255 Å². The van der Waals surface area contributed by atoms with E-state index in [1.165, 1.54) is 89.0 Å². The number of nitrogens with one attached hydrogen (secondary N) is 1. The normalized spacial score (nSPS) is 28.6. The van der Waals surface area contributed by atoms with E-state index < -0.39 is 0 Å². The molecule has 3 heterocycles. The molecule has 4 heteroatoms. The van der Waals surface area contributed by atoms with Gasteiger partial charge in [0, 0.05) is 57.5 Å². The Morgan fingerprint density at radius 1 is 0.716 bits per heavy atom. The third-order valence-corrected chi connectivity index (χ3v) is 16.2. The second-order valence-electron chi connectivity index (χ2n) is 19.8. The first-order chi connectivity index (χ1) is 33.1. The first kappa shape index (κ1) is 39.1. The average molecular weight is 866 g/mol. The summed E-state index contributed by atoms with van der Waals surface area (Å²) in [5, 5.41) is 12.7. The Balaban J connectivity index is 0.919. The van der Waals surface area contributed by atoms with Crippen LogP contribution in [-0.4, -0.2) is 27.7 Å². The molecule has 0 saturated carbocycles. The van der Waals surface area contributed by atoms with E-state index in [0.29, 0.717) is 23.7 Å². The molecule has 5 aromatic rings. The van der Waals surface area contributed by atoms with Crippen LogP contribution >= 0.6 is 0 Å². The van der Waals surface area contributed by atoms with E-state index in [0.717, 1.165) is 31.4 Å². The fraction of sp³-hybridized carbons (Fsp3) is 0.206. The lowest BCUT2D eigenvalue weighted by atomic mass is 9.78. The van der Waals surface area contributed by atoms with Crippen LogP contribution in [0, 0.1) is 29.6 Å². The van der Waals surface area contributed by atoms with E-state index in [-0.39, 0.29) is 24.2 Å². The molecule has 2 aliphatic heterocycles. The van der Waals surface area contributed by atoms with E-state index in [2.05, 4.69) is 222 Å². The molecule has 0 radical (unpaired) electrons. The van der Waals surface area contributed by atoms with Gasteiger partial charge in [-0.15, -0.1) is 5.70 Å². The number of para-hydroxylation sites is 1. The van der Waals surface area contributed by atoms with Gasteiger partial charge in [0.2, 0.25) is 0 Å². The van der Waals surface area contributed by atoms with Crippen molar-refractivity contribution in [1.82, 2.24) is 14.8 Å². The summed E-state index contributed by atoms with van der Waals surface area (Å²) in [6.45, 7) is 2.29. The second-order valence-corrected chi connectivity index (χ2v) is 19.8. The molecule has 9 aliphatic rings. The molecule has 67 heavy (non-hydrogen) atoms. The van der Waals surface area contributed by atoms with Crippen LogP contribution in [0.15, 0.2) is 222 Å². The highest BCUT2D eigenvalue weighted by Gasteiger charge is 2.49. The van der Waals surface area contributed by atoms with E-state index in [9.17, 15) is 0 Å². The van der Waals surface area contributed by atoms with Crippen molar-refractivity contribution in [1.29, 1.82) is 0 Å². The molecule has 1 saturated heterocycles. The molecule has 4 nitrogen and oxygen atoms in total. The van der Waals surface area contributed by atoms with E-state index in [1.807, 2.05) is 0 Å². The van der Waals surface area contributed by atoms with Crippen molar-refractivity contribution >= 4 is 45.4 Å². The van der Waals surface area contributed by atoms with Gasteiger partial charge in [-0.3, -0.25) is 0 Å². The second kappa shape index (κ2) is 15.5. The number of fused-ring (bicyclic) bond motifs is 11. The number of allylic oxidation sites excluding steroid dienone is 16. The Kier molecular flexibility index (Phi) is 9.02. The fourth-order valence-electron chi connectivity index (χ4n) is 13.1. The van der Waals surface area contributed by atoms with Crippen molar-refractivity contribution in [2.75, 3.05) is 0 Å². The van der Waals surface area contributed by atoms with Crippen molar-refractivity contribution in [3.8, 4) is 0 Å². The number of hydrogen-bond acceptors (Lipinski definition) is 2. The van der Waals surface area contributed by atoms with Gasteiger partial charge in [0.1, 0.15) is 0 Å². The third kappa shape index (κ3) is 6.15. The monoisotopic (exact) mass is 865 g/mol. The number of benzene rings is 4. The molecule has 0 spiro atoms. The maximum atomic E-state index is 5.78. The van der Waals surface area contributed by atoms with Crippen LogP contribution in [0.1, 0.15) is 47.6 Å². The molecule has 0 amide bonds. The van der Waals surface area contributed by atoms with Gasteiger partial charge in [0.25, 0.3) is 0 Å². The highest BCUT2D eigenvalue weighted by Crippen LogP contribution is 2.54. The summed E-state index contributed by atoms with van der Waals surface area (Å²) in [7, 11) is 0. The zero-order valence-corrected chi connectivity index (χ0v) is 37.8. The highest BCUT2D eigenvalue weighted by atomic mass is 15.3. The number of aromatic nitrogens is 1. The summed E-state index contributed by atoms with van der Waals surface area (Å²) < 4.78 is 2.56.